The SMILES string of the molecule is CCCCOc1ccc(C(=O)Oc2ccc(C=NNC(=O)C(CC)Oc3ccc(Cl)cc3Cl)cc2OC)cc1. The molecule has 0 aliphatic carbocycles. The Balaban J connectivity index is 1.59. The Morgan fingerprint density at radius 2 is 1.72 bits per heavy atom. The van der Waals surface area contributed by atoms with E-state index in [0.717, 1.165) is 12.8 Å². The zero-order chi connectivity index (χ0) is 28.2. The maximum Gasteiger partial charge on any atom is 0.343 e. The number of rotatable bonds is 13. The van der Waals surface area contributed by atoms with E-state index in [2.05, 4.69) is 17.5 Å². The number of esters is 1. The van der Waals surface area contributed by atoms with Crippen molar-refractivity contribution < 1.29 is 28.5 Å². The summed E-state index contributed by atoms with van der Waals surface area (Å²) in [6.07, 6.45) is 3.02. The fourth-order valence-electron chi connectivity index (χ4n) is 3.32. The number of halogens is 2. The van der Waals surface area contributed by atoms with Crippen molar-refractivity contribution in [3.8, 4) is 23.0 Å². The van der Waals surface area contributed by atoms with Gasteiger partial charge in [-0.25, -0.2) is 10.2 Å². The van der Waals surface area contributed by atoms with Crippen molar-refractivity contribution in [3.63, 3.8) is 0 Å². The molecular formula is C29H30Cl2N2O6. The van der Waals surface area contributed by atoms with E-state index in [-0.39, 0.29) is 5.75 Å². The molecule has 3 rings (SSSR count). The number of carbonyl (C=O) groups is 2. The van der Waals surface area contributed by atoms with E-state index < -0.39 is 18.0 Å². The van der Waals surface area contributed by atoms with Crippen LogP contribution in [0.5, 0.6) is 23.0 Å². The molecule has 206 valence electrons. The van der Waals surface area contributed by atoms with Crippen LogP contribution in [0, 0.1) is 0 Å². The van der Waals surface area contributed by atoms with Crippen LogP contribution in [0.25, 0.3) is 0 Å². The standard InChI is InChI=1S/C29H30Cl2N2O6/c1-4-6-15-37-22-11-8-20(9-12-22)29(35)39-26-13-7-19(16-27(26)36-3)18-32-33-28(34)24(5-2)38-25-14-10-21(30)17-23(25)31/h7-14,16-18,24H,4-6,15H2,1-3H3,(H,33,34). The first-order valence-corrected chi connectivity index (χ1v) is 13.2. The lowest BCUT2D eigenvalue weighted by Gasteiger charge is -2.16. The number of nitrogens with one attached hydrogen (secondary N) is 1. The van der Waals surface area contributed by atoms with Gasteiger partial charge in [0.05, 0.1) is 30.5 Å². The summed E-state index contributed by atoms with van der Waals surface area (Å²) in [5, 5.41) is 4.77. The number of carbonyl (C=O) groups excluding carboxylic acids is 2. The molecule has 3 aromatic rings. The number of hydrogen-bond acceptors (Lipinski definition) is 7. The summed E-state index contributed by atoms with van der Waals surface area (Å²) >= 11 is 12.0. The molecule has 0 bridgehead atoms. The number of hydrazone groups is 1. The molecule has 0 saturated heterocycles. The summed E-state index contributed by atoms with van der Waals surface area (Å²) in [6.45, 7) is 4.52. The van der Waals surface area contributed by atoms with Crippen LogP contribution in [0.3, 0.4) is 0 Å². The first-order chi connectivity index (χ1) is 18.8. The average molecular weight is 573 g/mol. The Morgan fingerprint density at radius 1 is 0.974 bits per heavy atom. The number of unbranched alkanes of at least 4 members (excludes halogenated alkanes) is 1. The summed E-state index contributed by atoms with van der Waals surface area (Å²) in [6, 6.07) is 16.4. The zero-order valence-corrected chi connectivity index (χ0v) is 23.4. The Bertz CT molecular complexity index is 1300. The quantitative estimate of drug-likeness (QED) is 0.0803. The van der Waals surface area contributed by atoms with Crippen LogP contribution in [0.4, 0.5) is 0 Å². The monoisotopic (exact) mass is 572 g/mol. The van der Waals surface area contributed by atoms with Gasteiger partial charge in [0, 0.05) is 5.02 Å². The van der Waals surface area contributed by atoms with Crippen LogP contribution < -0.4 is 24.4 Å². The number of benzene rings is 3. The minimum Gasteiger partial charge on any atom is -0.494 e. The minimum atomic E-state index is -0.811. The van der Waals surface area contributed by atoms with E-state index in [1.807, 2.05) is 0 Å². The van der Waals surface area contributed by atoms with Gasteiger partial charge in [-0.15, -0.1) is 0 Å². The van der Waals surface area contributed by atoms with Gasteiger partial charge in [0.2, 0.25) is 0 Å². The highest BCUT2D eigenvalue weighted by atomic mass is 35.5. The summed E-state index contributed by atoms with van der Waals surface area (Å²) in [7, 11) is 1.46. The largest absolute Gasteiger partial charge is 0.494 e. The molecule has 1 amide bonds. The lowest BCUT2D eigenvalue weighted by atomic mass is 10.2. The minimum absolute atomic E-state index is 0.242. The van der Waals surface area contributed by atoms with Crippen molar-refractivity contribution in [2.75, 3.05) is 13.7 Å². The smallest absolute Gasteiger partial charge is 0.343 e. The maximum atomic E-state index is 12.6. The lowest BCUT2D eigenvalue weighted by molar-refractivity contribution is -0.128. The molecule has 3 aromatic carbocycles. The van der Waals surface area contributed by atoms with Crippen LogP contribution >= 0.6 is 23.2 Å². The second kappa shape index (κ2) is 15.0. The van der Waals surface area contributed by atoms with Crippen LogP contribution in [-0.4, -0.2) is 37.9 Å². The van der Waals surface area contributed by atoms with Gasteiger partial charge in [0.25, 0.3) is 5.91 Å². The molecule has 0 aromatic heterocycles. The third-order valence-corrected chi connectivity index (χ3v) is 5.99. The first-order valence-electron chi connectivity index (χ1n) is 12.4. The predicted octanol–water partition coefficient (Wildman–Crippen LogP) is 6.71. The van der Waals surface area contributed by atoms with Crippen molar-refractivity contribution in [1.82, 2.24) is 5.43 Å². The fraction of sp³-hybridized carbons (Fsp3) is 0.276. The summed E-state index contributed by atoms with van der Waals surface area (Å²) < 4.78 is 22.2. The number of nitrogens with zero attached hydrogens (tertiary/aromatic N) is 1. The molecule has 0 saturated carbocycles. The molecule has 1 unspecified atom stereocenters. The molecule has 0 heterocycles. The van der Waals surface area contributed by atoms with Gasteiger partial charge in [-0.05, 0) is 79.1 Å². The number of methoxy groups -OCH3 is 1. The number of hydrogen-bond donors (Lipinski definition) is 1. The van der Waals surface area contributed by atoms with Gasteiger partial charge >= 0.3 is 5.97 Å². The Kier molecular flexibility index (Phi) is 11.5. The predicted molar refractivity (Wildman–Crippen MR) is 152 cm³/mol. The molecule has 0 spiro atoms. The first kappa shape index (κ1) is 29.8. The van der Waals surface area contributed by atoms with Gasteiger partial charge in [-0.2, -0.15) is 5.10 Å². The molecule has 0 radical (unpaired) electrons. The van der Waals surface area contributed by atoms with Crippen molar-refractivity contribution >= 4 is 41.3 Å². The van der Waals surface area contributed by atoms with E-state index in [4.69, 9.17) is 42.1 Å². The van der Waals surface area contributed by atoms with Gasteiger partial charge in [-0.3, -0.25) is 4.79 Å². The van der Waals surface area contributed by atoms with E-state index in [1.54, 1.807) is 61.5 Å². The molecule has 8 nitrogen and oxygen atoms in total. The molecule has 0 aliphatic rings. The van der Waals surface area contributed by atoms with Crippen LogP contribution in [0.15, 0.2) is 65.8 Å². The molecule has 39 heavy (non-hydrogen) atoms. The molecule has 0 aliphatic heterocycles. The van der Waals surface area contributed by atoms with E-state index in [1.165, 1.54) is 19.4 Å². The maximum absolute atomic E-state index is 12.6. The summed E-state index contributed by atoms with van der Waals surface area (Å²) in [5.74, 6) is 0.626. The molecular weight excluding hydrogens is 543 g/mol. The van der Waals surface area contributed by atoms with Gasteiger partial charge in [0.15, 0.2) is 17.6 Å². The number of ether oxygens (including phenoxy) is 4. The van der Waals surface area contributed by atoms with Crippen molar-refractivity contribution in [3.05, 3.63) is 81.8 Å². The normalized spacial score (nSPS) is 11.6. The van der Waals surface area contributed by atoms with Crippen LogP contribution in [0.2, 0.25) is 10.0 Å². The Morgan fingerprint density at radius 3 is 2.38 bits per heavy atom. The second-order valence-electron chi connectivity index (χ2n) is 8.35. The lowest BCUT2D eigenvalue weighted by Crippen LogP contribution is -2.35. The topological polar surface area (TPSA) is 95.5 Å². The van der Waals surface area contributed by atoms with Crippen molar-refractivity contribution in [2.24, 2.45) is 5.10 Å². The van der Waals surface area contributed by atoms with Crippen LogP contribution in [-0.2, 0) is 4.79 Å². The summed E-state index contributed by atoms with van der Waals surface area (Å²) in [4.78, 5) is 25.2. The van der Waals surface area contributed by atoms with Crippen molar-refractivity contribution in [1.29, 1.82) is 0 Å². The van der Waals surface area contributed by atoms with Gasteiger partial charge in [0.1, 0.15) is 11.5 Å². The van der Waals surface area contributed by atoms with Gasteiger partial charge in [-0.1, -0.05) is 43.5 Å². The highest BCUT2D eigenvalue weighted by molar-refractivity contribution is 6.35. The number of amides is 1. The van der Waals surface area contributed by atoms with E-state index in [9.17, 15) is 9.59 Å². The molecule has 1 N–H and O–H groups in total. The molecule has 0 fully saturated rings. The molecule has 10 heteroatoms. The Hall–Kier alpha value is -3.75. The third kappa shape index (κ3) is 8.90. The average Bonchev–Trinajstić information content (AvgIpc) is 2.93. The fourth-order valence-corrected chi connectivity index (χ4v) is 3.77. The molecule has 1 atom stereocenters. The van der Waals surface area contributed by atoms with Crippen LogP contribution in [0.1, 0.15) is 49.0 Å². The highest BCUT2D eigenvalue weighted by Gasteiger charge is 2.19. The third-order valence-electron chi connectivity index (χ3n) is 5.46. The Labute approximate surface area is 237 Å². The summed E-state index contributed by atoms with van der Waals surface area (Å²) in [5.41, 5.74) is 3.44. The van der Waals surface area contributed by atoms with Gasteiger partial charge < -0.3 is 18.9 Å². The highest BCUT2D eigenvalue weighted by Crippen LogP contribution is 2.30. The zero-order valence-electron chi connectivity index (χ0n) is 21.9. The van der Waals surface area contributed by atoms with E-state index in [0.29, 0.717) is 51.4 Å². The van der Waals surface area contributed by atoms with Crippen molar-refractivity contribution in [2.45, 2.75) is 39.2 Å². The van der Waals surface area contributed by atoms with E-state index >= 15 is 0 Å². The second-order valence-corrected chi connectivity index (χ2v) is 9.19.